The van der Waals surface area contributed by atoms with Gasteiger partial charge in [0.15, 0.2) is 0 Å². The van der Waals surface area contributed by atoms with Gasteiger partial charge in [-0.2, -0.15) is 0 Å². The number of nitrogens with one attached hydrogen (secondary N) is 2. The van der Waals surface area contributed by atoms with Crippen molar-refractivity contribution in [2.24, 2.45) is 17.8 Å². The normalized spacial score (nSPS) is 35.3. The first kappa shape index (κ1) is 15.6. The van der Waals surface area contributed by atoms with Crippen LogP contribution in [0.25, 0.3) is 0 Å². The predicted molar refractivity (Wildman–Crippen MR) is 85.3 cm³/mol. The Hall–Kier alpha value is -1.26. The van der Waals surface area contributed by atoms with Crippen molar-refractivity contribution >= 4 is 11.9 Å². The van der Waals surface area contributed by atoms with E-state index in [2.05, 4.69) is 17.6 Å². The molecule has 3 aliphatic rings. The van der Waals surface area contributed by atoms with Crippen molar-refractivity contribution in [3.05, 3.63) is 0 Å². The third-order valence-corrected chi connectivity index (χ3v) is 5.91. The maximum Gasteiger partial charge on any atom is 0.315 e. The molecule has 1 heterocycles. The highest BCUT2D eigenvalue weighted by molar-refractivity contribution is 5.82. The molecular weight excluding hydrogens is 278 g/mol. The van der Waals surface area contributed by atoms with Gasteiger partial charge in [0.25, 0.3) is 0 Å². The van der Waals surface area contributed by atoms with Crippen LogP contribution in [0.4, 0.5) is 4.79 Å². The van der Waals surface area contributed by atoms with E-state index in [-0.39, 0.29) is 30.1 Å². The minimum Gasteiger partial charge on any atom is -0.338 e. The summed E-state index contributed by atoms with van der Waals surface area (Å²) in [6, 6.07) is 0.268. The zero-order chi connectivity index (χ0) is 15.9. The zero-order valence-electron chi connectivity index (χ0n) is 14.0. The van der Waals surface area contributed by atoms with E-state index in [1.807, 2.05) is 18.7 Å². The van der Waals surface area contributed by atoms with Crippen LogP contribution >= 0.6 is 0 Å². The molecule has 1 saturated heterocycles. The van der Waals surface area contributed by atoms with Crippen LogP contribution in [0, 0.1) is 17.8 Å². The molecule has 0 radical (unpaired) electrons. The maximum atomic E-state index is 12.2. The van der Waals surface area contributed by atoms with Crippen LogP contribution in [0.2, 0.25) is 0 Å². The lowest BCUT2D eigenvalue weighted by molar-refractivity contribution is -0.129. The molecule has 3 amide bonds. The zero-order valence-corrected chi connectivity index (χ0v) is 14.0. The number of fused-ring (bicyclic) bond motifs is 2. The summed E-state index contributed by atoms with van der Waals surface area (Å²) in [7, 11) is 0. The largest absolute Gasteiger partial charge is 0.338 e. The molecule has 2 bridgehead atoms. The second kappa shape index (κ2) is 6.09. The fourth-order valence-corrected chi connectivity index (χ4v) is 4.77. The Balaban J connectivity index is 1.46. The van der Waals surface area contributed by atoms with Gasteiger partial charge >= 0.3 is 6.03 Å². The van der Waals surface area contributed by atoms with Gasteiger partial charge in [0, 0.05) is 25.0 Å². The molecule has 0 spiro atoms. The van der Waals surface area contributed by atoms with Gasteiger partial charge in [0.05, 0.1) is 6.04 Å². The fraction of sp³-hybridized carbons (Fsp3) is 0.882. The van der Waals surface area contributed by atoms with E-state index >= 15 is 0 Å². The van der Waals surface area contributed by atoms with E-state index in [4.69, 9.17) is 0 Å². The number of carbonyl (C=O) groups excluding carboxylic acids is 2. The number of likely N-dealkylation sites (tertiary alicyclic amines) is 1. The summed E-state index contributed by atoms with van der Waals surface area (Å²) < 4.78 is 0. The van der Waals surface area contributed by atoms with E-state index in [0.29, 0.717) is 18.9 Å². The minimum absolute atomic E-state index is 0.0536. The number of amides is 3. The summed E-state index contributed by atoms with van der Waals surface area (Å²) >= 11 is 0. The first-order chi connectivity index (χ1) is 10.4. The number of rotatable bonds is 4. The molecule has 5 heteroatoms. The smallest absolute Gasteiger partial charge is 0.315 e. The summed E-state index contributed by atoms with van der Waals surface area (Å²) in [5.74, 6) is 2.49. The first-order valence-corrected chi connectivity index (χ1v) is 8.80. The molecular formula is C17H29N3O2. The Labute approximate surface area is 133 Å². The van der Waals surface area contributed by atoms with Crippen LogP contribution in [0.1, 0.15) is 52.9 Å². The highest BCUT2D eigenvalue weighted by Crippen LogP contribution is 2.49. The third kappa shape index (κ3) is 3.08. The first-order valence-electron chi connectivity index (χ1n) is 8.80. The monoisotopic (exact) mass is 307 g/mol. The van der Waals surface area contributed by atoms with Gasteiger partial charge in [0.1, 0.15) is 0 Å². The predicted octanol–water partition coefficient (Wildman–Crippen LogP) is 2.12. The van der Waals surface area contributed by atoms with Crippen molar-refractivity contribution in [2.45, 2.75) is 71.0 Å². The number of hydrogen-bond acceptors (Lipinski definition) is 2. The maximum absolute atomic E-state index is 12.2. The Morgan fingerprint density at radius 2 is 2.00 bits per heavy atom. The molecule has 22 heavy (non-hydrogen) atoms. The van der Waals surface area contributed by atoms with Gasteiger partial charge in [-0.05, 0) is 57.8 Å². The molecule has 1 aliphatic heterocycles. The quantitative estimate of drug-likeness (QED) is 0.836. The molecule has 124 valence electrons. The highest BCUT2D eigenvalue weighted by atomic mass is 16.2. The molecule has 3 fully saturated rings. The second-order valence-electron chi connectivity index (χ2n) is 7.79. The molecule has 5 nitrogen and oxygen atoms in total. The summed E-state index contributed by atoms with van der Waals surface area (Å²) in [4.78, 5) is 25.9. The summed E-state index contributed by atoms with van der Waals surface area (Å²) in [6.45, 7) is 6.78. The molecule has 2 saturated carbocycles. The Bertz CT molecular complexity index is 451. The Morgan fingerprint density at radius 1 is 1.23 bits per heavy atom. The molecule has 3 rings (SSSR count). The highest BCUT2D eigenvalue weighted by Gasteiger charge is 2.42. The number of urea groups is 1. The number of carbonyl (C=O) groups is 2. The van der Waals surface area contributed by atoms with Crippen molar-refractivity contribution < 1.29 is 9.59 Å². The SMILES string of the molecule is CC(NC(=O)NC1CC(=O)N(C(C)C)C1)C1CC2CCC1C2. The summed E-state index contributed by atoms with van der Waals surface area (Å²) in [6.07, 6.45) is 5.78. The lowest BCUT2D eigenvalue weighted by Crippen LogP contribution is -2.49. The van der Waals surface area contributed by atoms with Crippen LogP contribution in [0.5, 0.6) is 0 Å². The topological polar surface area (TPSA) is 61.4 Å². The number of hydrogen-bond donors (Lipinski definition) is 2. The fourth-order valence-electron chi connectivity index (χ4n) is 4.77. The minimum atomic E-state index is -0.112. The second-order valence-corrected chi connectivity index (χ2v) is 7.79. The van der Waals surface area contributed by atoms with Gasteiger partial charge in [-0.15, -0.1) is 0 Å². The van der Waals surface area contributed by atoms with Crippen LogP contribution in [0.15, 0.2) is 0 Å². The molecule has 0 aromatic heterocycles. The third-order valence-electron chi connectivity index (χ3n) is 5.91. The van der Waals surface area contributed by atoms with Crippen molar-refractivity contribution in [1.82, 2.24) is 15.5 Å². The van der Waals surface area contributed by atoms with Gasteiger partial charge in [-0.25, -0.2) is 4.79 Å². The van der Waals surface area contributed by atoms with E-state index < -0.39 is 0 Å². The Morgan fingerprint density at radius 3 is 2.55 bits per heavy atom. The van der Waals surface area contributed by atoms with Crippen LogP contribution in [-0.2, 0) is 4.79 Å². The van der Waals surface area contributed by atoms with Crippen molar-refractivity contribution in [2.75, 3.05) is 6.54 Å². The standard InChI is InChI=1S/C17H29N3O2/c1-10(2)20-9-14(8-16(20)21)19-17(22)18-11(3)15-7-12-4-5-13(15)6-12/h10-15H,4-9H2,1-3H3,(H2,18,19,22). The number of nitrogens with zero attached hydrogens (tertiary/aromatic N) is 1. The van der Waals surface area contributed by atoms with Gasteiger partial charge in [-0.1, -0.05) is 6.42 Å². The van der Waals surface area contributed by atoms with Crippen LogP contribution in [-0.4, -0.2) is 41.5 Å². The van der Waals surface area contributed by atoms with Crippen molar-refractivity contribution in [1.29, 1.82) is 0 Å². The van der Waals surface area contributed by atoms with Crippen molar-refractivity contribution in [3.8, 4) is 0 Å². The lowest BCUT2D eigenvalue weighted by Gasteiger charge is -2.29. The van der Waals surface area contributed by atoms with E-state index in [0.717, 1.165) is 11.8 Å². The summed E-state index contributed by atoms with van der Waals surface area (Å²) in [5.41, 5.74) is 0. The van der Waals surface area contributed by atoms with Gasteiger partial charge in [0.2, 0.25) is 5.91 Å². The Kier molecular flexibility index (Phi) is 4.33. The van der Waals surface area contributed by atoms with Crippen LogP contribution < -0.4 is 10.6 Å². The molecule has 2 N–H and O–H groups in total. The molecule has 0 aromatic rings. The van der Waals surface area contributed by atoms with Gasteiger partial charge in [-0.3, -0.25) is 4.79 Å². The van der Waals surface area contributed by atoms with E-state index in [9.17, 15) is 9.59 Å². The lowest BCUT2D eigenvalue weighted by atomic mass is 9.84. The van der Waals surface area contributed by atoms with Crippen LogP contribution in [0.3, 0.4) is 0 Å². The molecule has 5 unspecified atom stereocenters. The van der Waals surface area contributed by atoms with Gasteiger partial charge < -0.3 is 15.5 Å². The van der Waals surface area contributed by atoms with E-state index in [1.165, 1.54) is 25.7 Å². The molecule has 5 atom stereocenters. The van der Waals surface area contributed by atoms with E-state index in [1.54, 1.807) is 0 Å². The average Bonchev–Trinajstić information content (AvgIpc) is 3.13. The average molecular weight is 307 g/mol. The molecule has 2 aliphatic carbocycles. The summed E-state index contributed by atoms with van der Waals surface area (Å²) in [5, 5.41) is 6.09. The van der Waals surface area contributed by atoms with Crippen molar-refractivity contribution in [3.63, 3.8) is 0 Å². The molecule has 0 aromatic carbocycles.